The van der Waals surface area contributed by atoms with Crippen molar-refractivity contribution in [3.63, 3.8) is 0 Å². The number of carbonyl (C=O) groups is 2. The van der Waals surface area contributed by atoms with E-state index in [1.807, 2.05) is 0 Å². The maximum atomic E-state index is 12.8. The number of nitrogens with zero attached hydrogens (tertiary/aromatic N) is 1. The van der Waals surface area contributed by atoms with Gasteiger partial charge < -0.3 is 9.64 Å². The van der Waals surface area contributed by atoms with Crippen LogP contribution in [0.1, 0.15) is 35.2 Å². The number of ether oxygens (including phenoxy) is 1. The lowest BCUT2D eigenvalue weighted by molar-refractivity contribution is -0.137. The first-order valence-corrected chi connectivity index (χ1v) is 7.81. The van der Waals surface area contributed by atoms with Gasteiger partial charge in [-0.3, -0.25) is 9.59 Å². The van der Waals surface area contributed by atoms with Crippen LogP contribution in [0, 0.1) is 5.92 Å². The van der Waals surface area contributed by atoms with E-state index >= 15 is 0 Å². The molecule has 132 valence electrons. The summed E-state index contributed by atoms with van der Waals surface area (Å²) in [7, 11) is 1.50. The van der Waals surface area contributed by atoms with Crippen LogP contribution in [0.3, 0.4) is 0 Å². The Bertz CT molecular complexity index is 601. The van der Waals surface area contributed by atoms with Crippen LogP contribution in [-0.2, 0) is 15.7 Å². The summed E-state index contributed by atoms with van der Waals surface area (Å²) >= 11 is 0. The average Bonchev–Trinajstić information content (AvgIpc) is 2.58. The minimum atomic E-state index is -4.48. The zero-order valence-electron chi connectivity index (χ0n) is 13.4. The fourth-order valence-corrected chi connectivity index (χ4v) is 2.85. The van der Waals surface area contributed by atoms with Crippen molar-refractivity contribution in [2.45, 2.75) is 25.4 Å². The fraction of sp³-hybridized carbons (Fsp3) is 0.529. The Kier molecular flexibility index (Phi) is 5.99. The van der Waals surface area contributed by atoms with Crippen LogP contribution in [0.15, 0.2) is 24.3 Å². The Labute approximate surface area is 138 Å². The second kappa shape index (κ2) is 7.79. The summed E-state index contributed by atoms with van der Waals surface area (Å²) < 4.78 is 43.2. The molecule has 0 N–H and O–H groups in total. The smallest absolute Gasteiger partial charge is 0.384 e. The largest absolute Gasteiger partial charge is 0.416 e. The van der Waals surface area contributed by atoms with Crippen LogP contribution in [0.2, 0.25) is 0 Å². The van der Waals surface area contributed by atoms with E-state index in [0.29, 0.717) is 26.0 Å². The number of piperidine rings is 1. The second-order valence-electron chi connectivity index (χ2n) is 5.86. The van der Waals surface area contributed by atoms with Crippen LogP contribution in [0.25, 0.3) is 0 Å². The van der Waals surface area contributed by atoms with Gasteiger partial charge in [-0.1, -0.05) is 12.1 Å². The van der Waals surface area contributed by atoms with Crippen LogP contribution in [0.4, 0.5) is 13.2 Å². The van der Waals surface area contributed by atoms with Gasteiger partial charge in [-0.2, -0.15) is 13.2 Å². The van der Waals surface area contributed by atoms with Crippen molar-refractivity contribution < 1.29 is 27.5 Å². The summed E-state index contributed by atoms with van der Waals surface area (Å²) in [4.78, 5) is 26.2. The van der Waals surface area contributed by atoms with Gasteiger partial charge in [0.2, 0.25) is 5.91 Å². The van der Waals surface area contributed by atoms with Gasteiger partial charge in [0.1, 0.15) is 0 Å². The number of halogens is 3. The summed E-state index contributed by atoms with van der Waals surface area (Å²) in [5.74, 6) is -0.905. The van der Waals surface area contributed by atoms with Crippen molar-refractivity contribution >= 4 is 11.7 Å². The van der Waals surface area contributed by atoms with Crippen molar-refractivity contribution in [1.82, 2.24) is 4.90 Å². The molecule has 1 aliphatic heterocycles. The molecule has 0 saturated carbocycles. The van der Waals surface area contributed by atoms with Crippen molar-refractivity contribution in [3.05, 3.63) is 35.4 Å². The summed E-state index contributed by atoms with van der Waals surface area (Å²) in [6, 6.07) is 4.45. The van der Waals surface area contributed by atoms with E-state index in [4.69, 9.17) is 4.74 Å². The van der Waals surface area contributed by atoms with Gasteiger partial charge >= 0.3 is 6.18 Å². The van der Waals surface area contributed by atoms with Crippen LogP contribution in [-0.4, -0.2) is 43.4 Å². The van der Waals surface area contributed by atoms with Crippen molar-refractivity contribution in [2.75, 3.05) is 26.8 Å². The molecule has 1 atom stereocenters. The first-order valence-electron chi connectivity index (χ1n) is 7.81. The lowest BCUT2D eigenvalue weighted by atomic mass is 9.89. The molecular weight excluding hydrogens is 323 g/mol. The van der Waals surface area contributed by atoms with Gasteiger partial charge in [-0.05, 0) is 25.0 Å². The number of carbonyl (C=O) groups excluding carboxylic acids is 2. The Morgan fingerprint density at radius 3 is 2.75 bits per heavy atom. The van der Waals surface area contributed by atoms with Crippen molar-refractivity contribution in [2.24, 2.45) is 5.92 Å². The van der Waals surface area contributed by atoms with Gasteiger partial charge in [-0.25, -0.2) is 0 Å². The zero-order valence-corrected chi connectivity index (χ0v) is 13.4. The molecule has 1 saturated heterocycles. The maximum Gasteiger partial charge on any atom is 0.416 e. The third-order valence-electron chi connectivity index (χ3n) is 4.14. The predicted molar refractivity (Wildman–Crippen MR) is 81.6 cm³/mol. The molecule has 7 heteroatoms. The molecule has 4 nitrogen and oxygen atoms in total. The molecule has 1 aliphatic rings. The van der Waals surface area contributed by atoms with E-state index in [1.54, 1.807) is 4.90 Å². The third-order valence-corrected chi connectivity index (χ3v) is 4.14. The molecule has 1 fully saturated rings. The minimum absolute atomic E-state index is 0.0426. The summed E-state index contributed by atoms with van der Waals surface area (Å²) in [6.07, 6.45) is -3.01. The molecule has 1 aromatic carbocycles. The number of alkyl halides is 3. The minimum Gasteiger partial charge on any atom is -0.384 e. The van der Waals surface area contributed by atoms with E-state index in [0.717, 1.165) is 12.1 Å². The molecule has 1 amide bonds. The molecule has 0 bridgehead atoms. The summed E-state index contributed by atoms with van der Waals surface area (Å²) in [5.41, 5.74) is -0.793. The van der Waals surface area contributed by atoms with Crippen molar-refractivity contribution in [3.8, 4) is 0 Å². The van der Waals surface area contributed by atoms with Crippen molar-refractivity contribution in [1.29, 1.82) is 0 Å². The fourth-order valence-electron chi connectivity index (χ4n) is 2.85. The topological polar surface area (TPSA) is 46.6 Å². The monoisotopic (exact) mass is 343 g/mol. The molecule has 0 radical (unpaired) electrons. The molecule has 2 rings (SSSR count). The number of benzene rings is 1. The molecule has 24 heavy (non-hydrogen) atoms. The first kappa shape index (κ1) is 18.4. The molecule has 0 spiro atoms. The Morgan fingerprint density at radius 1 is 1.33 bits per heavy atom. The molecule has 1 heterocycles. The normalized spacial score (nSPS) is 18.5. The summed E-state index contributed by atoms with van der Waals surface area (Å²) in [6.45, 7) is 1.12. The van der Waals surface area contributed by atoms with E-state index in [1.165, 1.54) is 19.2 Å². The van der Waals surface area contributed by atoms with E-state index in [9.17, 15) is 22.8 Å². The molecule has 1 aromatic rings. The van der Waals surface area contributed by atoms with E-state index in [-0.39, 0.29) is 30.2 Å². The highest BCUT2D eigenvalue weighted by Crippen LogP contribution is 2.30. The number of methoxy groups -OCH3 is 1. The average molecular weight is 343 g/mol. The van der Waals surface area contributed by atoms with Gasteiger partial charge in [0, 0.05) is 31.7 Å². The van der Waals surface area contributed by atoms with E-state index in [2.05, 4.69) is 0 Å². The lowest BCUT2D eigenvalue weighted by Gasteiger charge is -2.32. The molecule has 0 aliphatic carbocycles. The second-order valence-corrected chi connectivity index (χ2v) is 5.86. The Balaban J connectivity index is 2.08. The summed E-state index contributed by atoms with van der Waals surface area (Å²) in [5, 5.41) is 0. The third kappa shape index (κ3) is 4.56. The Morgan fingerprint density at radius 2 is 2.08 bits per heavy atom. The van der Waals surface area contributed by atoms with Gasteiger partial charge in [0.15, 0.2) is 5.78 Å². The highest BCUT2D eigenvalue weighted by atomic mass is 19.4. The zero-order chi connectivity index (χ0) is 17.7. The van der Waals surface area contributed by atoms with Gasteiger partial charge in [0.25, 0.3) is 0 Å². The molecule has 1 unspecified atom stereocenters. The predicted octanol–water partition coefficient (Wildman–Crippen LogP) is 3.16. The number of Topliss-reactive ketones (excluding diaryl/α,β-unsaturated/α-hetero) is 1. The quantitative estimate of drug-likeness (QED) is 0.772. The maximum absolute atomic E-state index is 12.8. The SMILES string of the molecule is COCCC(=O)N1CCCC(C(=O)c2cccc(C(F)(F)F)c2)C1. The lowest BCUT2D eigenvalue weighted by Crippen LogP contribution is -2.42. The van der Waals surface area contributed by atoms with Crippen LogP contribution >= 0.6 is 0 Å². The van der Waals surface area contributed by atoms with Gasteiger partial charge in [0.05, 0.1) is 18.6 Å². The van der Waals surface area contributed by atoms with Crippen LogP contribution < -0.4 is 0 Å². The Hall–Kier alpha value is -1.89. The number of rotatable bonds is 5. The standard InChI is InChI=1S/C17H20F3NO3/c1-24-9-7-15(22)21-8-3-5-13(11-21)16(23)12-4-2-6-14(10-12)17(18,19)20/h2,4,6,10,13H,3,5,7-9,11H2,1H3. The highest BCUT2D eigenvalue weighted by Gasteiger charge is 2.33. The number of hydrogen-bond acceptors (Lipinski definition) is 3. The number of amides is 1. The number of likely N-dealkylation sites (tertiary alicyclic amines) is 1. The number of hydrogen-bond donors (Lipinski definition) is 0. The number of ketones is 1. The molecular formula is C17H20F3NO3. The highest BCUT2D eigenvalue weighted by molar-refractivity contribution is 5.98. The van der Waals surface area contributed by atoms with Gasteiger partial charge in [-0.15, -0.1) is 0 Å². The van der Waals surface area contributed by atoms with E-state index < -0.39 is 17.7 Å². The first-order chi connectivity index (χ1) is 11.3. The molecule has 0 aromatic heterocycles. The van der Waals surface area contributed by atoms with Crippen LogP contribution in [0.5, 0.6) is 0 Å².